The fourth-order valence-corrected chi connectivity index (χ4v) is 5.49. The van der Waals surface area contributed by atoms with Crippen LogP contribution in [0.3, 0.4) is 0 Å². The lowest BCUT2D eigenvalue weighted by Crippen LogP contribution is -2.38. The van der Waals surface area contributed by atoms with Crippen LogP contribution in [0.1, 0.15) is 5.56 Å². The van der Waals surface area contributed by atoms with Crippen LogP contribution in [0.5, 0.6) is 17.2 Å². The lowest BCUT2D eigenvalue weighted by atomic mass is 10.2. The number of nitrogens with one attached hydrogen (secondary N) is 1. The standard InChI is InChI=1S/C28H24ClFN2O5S/c1-19-8-14-26(36-2)27(16-19)38(34,35)32(22-12-10-21(30)11-13-22)18-28(33)31-24-17-20(29)9-15-25(24)37-23-6-4-3-5-7-23/h3-17H,18H2,1-2H3,(H,31,33). The van der Waals surface area contributed by atoms with Gasteiger partial charge in [-0.2, -0.15) is 0 Å². The van der Waals surface area contributed by atoms with Crippen molar-refractivity contribution >= 4 is 38.9 Å². The molecule has 0 aromatic heterocycles. The molecular weight excluding hydrogens is 531 g/mol. The van der Waals surface area contributed by atoms with Crippen molar-refractivity contribution in [2.45, 2.75) is 11.8 Å². The molecule has 0 radical (unpaired) electrons. The lowest BCUT2D eigenvalue weighted by Gasteiger charge is -2.25. The fraction of sp³-hybridized carbons (Fsp3) is 0.107. The number of ether oxygens (including phenoxy) is 2. The van der Waals surface area contributed by atoms with E-state index in [1.54, 1.807) is 49.4 Å². The van der Waals surface area contributed by atoms with Crippen molar-refractivity contribution in [2.75, 3.05) is 23.3 Å². The van der Waals surface area contributed by atoms with Crippen LogP contribution in [0.4, 0.5) is 15.8 Å². The molecule has 0 saturated heterocycles. The number of benzene rings is 4. The Bertz CT molecular complexity index is 1550. The molecule has 10 heteroatoms. The summed E-state index contributed by atoms with van der Waals surface area (Å²) in [6, 6.07) is 23.1. The van der Waals surface area contributed by atoms with E-state index in [2.05, 4.69) is 5.32 Å². The quantitative estimate of drug-likeness (QED) is 0.258. The highest BCUT2D eigenvalue weighted by Gasteiger charge is 2.30. The van der Waals surface area contributed by atoms with Crippen LogP contribution in [0, 0.1) is 12.7 Å². The summed E-state index contributed by atoms with van der Waals surface area (Å²) >= 11 is 6.16. The van der Waals surface area contributed by atoms with Crippen LogP contribution >= 0.6 is 11.6 Å². The number of halogens is 2. The first-order valence-corrected chi connectivity index (χ1v) is 13.2. The maximum Gasteiger partial charge on any atom is 0.268 e. The lowest BCUT2D eigenvalue weighted by molar-refractivity contribution is -0.114. The Kier molecular flexibility index (Phi) is 8.19. The number of sulfonamides is 1. The van der Waals surface area contributed by atoms with Gasteiger partial charge in [-0.25, -0.2) is 12.8 Å². The Hall–Kier alpha value is -4.08. The predicted molar refractivity (Wildman–Crippen MR) is 145 cm³/mol. The summed E-state index contributed by atoms with van der Waals surface area (Å²) in [6.45, 7) is 1.11. The molecule has 0 unspecified atom stereocenters. The van der Waals surface area contributed by atoms with Gasteiger partial charge < -0.3 is 14.8 Å². The van der Waals surface area contributed by atoms with E-state index in [-0.39, 0.29) is 22.0 Å². The number of carbonyl (C=O) groups is 1. The third kappa shape index (κ3) is 6.24. The molecule has 0 fully saturated rings. The van der Waals surface area contributed by atoms with Crippen molar-refractivity contribution in [3.05, 3.63) is 107 Å². The van der Waals surface area contributed by atoms with E-state index in [9.17, 15) is 17.6 Å². The van der Waals surface area contributed by atoms with Crippen molar-refractivity contribution in [1.82, 2.24) is 0 Å². The van der Waals surface area contributed by atoms with Gasteiger partial charge in [0.25, 0.3) is 10.0 Å². The Balaban J connectivity index is 1.68. The SMILES string of the molecule is COc1ccc(C)cc1S(=O)(=O)N(CC(=O)Nc1cc(Cl)ccc1Oc1ccccc1)c1ccc(F)cc1. The number of amides is 1. The summed E-state index contributed by atoms with van der Waals surface area (Å²) in [5.41, 5.74) is 1.02. The molecule has 0 aliphatic rings. The van der Waals surface area contributed by atoms with Gasteiger partial charge in [0.15, 0.2) is 5.75 Å². The average molecular weight is 555 g/mol. The summed E-state index contributed by atoms with van der Waals surface area (Å²) in [5, 5.41) is 3.03. The highest BCUT2D eigenvalue weighted by molar-refractivity contribution is 7.93. The minimum absolute atomic E-state index is 0.0944. The molecule has 0 saturated carbocycles. The minimum Gasteiger partial charge on any atom is -0.495 e. The van der Waals surface area contributed by atoms with E-state index in [0.29, 0.717) is 22.1 Å². The van der Waals surface area contributed by atoms with Gasteiger partial charge in [0.05, 0.1) is 18.5 Å². The molecule has 4 aromatic carbocycles. The monoisotopic (exact) mass is 554 g/mol. The predicted octanol–water partition coefficient (Wildman–Crippen LogP) is 6.42. The Labute approximate surface area is 225 Å². The first kappa shape index (κ1) is 27.0. The number of carbonyl (C=O) groups excluding carboxylic acids is 1. The zero-order valence-corrected chi connectivity index (χ0v) is 22.1. The van der Waals surface area contributed by atoms with Gasteiger partial charge in [-0.1, -0.05) is 35.9 Å². The van der Waals surface area contributed by atoms with Crippen LogP contribution in [-0.4, -0.2) is 28.0 Å². The highest BCUT2D eigenvalue weighted by Crippen LogP contribution is 2.33. The Morgan fingerprint density at radius 1 is 0.947 bits per heavy atom. The van der Waals surface area contributed by atoms with Crippen molar-refractivity contribution in [3.63, 3.8) is 0 Å². The first-order valence-electron chi connectivity index (χ1n) is 11.4. The van der Waals surface area contributed by atoms with Gasteiger partial charge in [-0.3, -0.25) is 9.10 Å². The second-order valence-electron chi connectivity index (χ2n) is 8.25. The molecule has 0 aliphatic carbocycles. The van der Waals surface area contributed by atoms with Gasteiger partial charge in [-0.15, -0.1) is 0 Å². The van der Waals surface area contributed by atoms with E-state index in [1.165, 1.54) is 37.4 Å². The van der Waals surface area contributed by atoms with E-state index < -0.39 is 28.3 Å². The van der Waals surface area contributed by atoms with Crippen molar-refractivity contribution in [1.29, 1.82) is 0 Å². The summed E-state index contributed by atoms with van der Waals surface area (Å²) in [7, 11) is -2.97. The maximum atomic E-state index is 13.8. The first-order chi connectivity index (χ1) is 18.2. The summed E-state index contributed by atoms with van der Waals surface area (Å²) in [5.74, 6) is -0.274. The third-order valence-corrected chi connectivity index (χ3v) is 7.51. The smallest absolute Gasteiger partial charge is 0.268 e. The molecule has 4 aromatic rings. The number of hydrogen-bond donors (Lipinski definition) is 1. The van der Waals surface area contributed by atoms with Crippen LogP contribution in [0.25, 0.3) is 0 Å². The van der Waals surface area contributed by atoms with Crippen LogP contribution < -0.4 is 19.1 Å². The van der Waals surface area contributed by atoms with E-state index >= 15 is 0 Å². The summed E-state index contributed by atoms with van der Waals surface area (Å²) < 4.78 is 53.4. The van der Waals surface area contributed by atoms with Crippen molar-refractivity contribution in [2.24, 2.45) is 0 Å². The number of anilines is 2. The summed E-state index contributed by atoms with van der Waals surface area (Å²) in [6.07, 6.45) is 0. The van der Waals surface area contributed by atoms with E-state index in [1.807, 2.05) is 6.07 Å². The summed E-state index contributed by atoms with van der Waals surface area (Å²) in [4.78, 5) is 13.1. The number of para-hydroxylation sites is 1. The molecule has 4 rings (SSSR count). The molecule has 7 nitrogen and oxygen atoms in total. The normalized spacial score (nSPS) is 11.1. The fourth-order valence-electron chi connectivity index (χ4n) is 3.65. The molecular formula is C28H24ClFN2O5S. The number of rotatable bonds is 9. The molecule has 0 atom stereocenters. The zero-order chi connectivity index (χ0) is 27.3. The Morgan fingerprint density at radius 2 is 1.63 bits per heavy atom. The maximum absolute atomic E-state index is 13.8. The van der Waals surface area contributed by atoms with Gasteiger partial charge in [-0.05, 0) is 79.2 Å². The molecule has 196 valence electrons. The molecule has 1 amide bonds. The minimum atomic E-state index is -4.32. The topological polar surface area (TPSA) is 84.9 Å². The van der Waals surface area contributed by atoms with Crippen LogP contribution in [0.15, 0.2) is 95.9 Å². The molecule has 38 heavy (non-hydrogen) atoms. The van der Waals surface area contributed by atoms with Crippen LogP contribution in [-0.2, 0) is 14.8 Å². The number of hydrogen-bond acceptors (Lipinski definition) is 5. The number of nitrogens with zero attached hydrogens (tertiary/aromatic N) is 1. The van der Waals surface area contributed by atoms with Crippen molar-refractivity contribution < 1.29 is 27.1 Å². The number of aryl methyl sites for hydroxylation is 1. The second-order valence-corrected chi connectivity index (χ2v) is 10.5. The van der Waals surface area contributed by atoms with Crippen LogP contribution in [0.2, 0.25) is 5.02 Å². The average Bonchev–Trinajstić information content (AvgIpc) is 2.90. The van der Waals surface area contributed by atoms with Gasteiger partial charge in [0.1, 0.15) is 28.8 Å². The molecule has 1 N–H and O–H groups in total. The Morgan fingerprint density at radius 3 is 2.32 bits per heavy atom. The largest absolute Gasteiger partial charge is 0.495 e. The van der Waals surface area contributed by atoms with E-state index in [0.717, 1.165) is 16.4 Å². The van der Waals surface area contributed by atoms with Crippen molar-refractivity contribution in [3.8, 4) is 17.2 Å². The van der Waals surface area contributed by atoms with Gasteiger partial charge in [0.2, 0.25) is 5.91 Å². The highest BCUT2D eigenvalue weighted by atomic mass is 35.5. The number of methoxy groups -OCH3 is 1. The third-order valence-electron chi connectivity index (χ3n) is 5.48. The molecule has 0 bridgehead atoms. The van der Waals surface area contributed by atoms with Gasteiger partial charge in [0, 0.05) is 5.02 Å². The molecule has 0 spiro atoms. The molecule has 0 heterocycles. The second kappa shape index (κ2) is 11.5. The zero-order valence-electron chi connectivity index (χ0n) is 20.5. The molecule has 0 aliphatic heterocycles. The van der Waals surface area contributed by atoms with E-state index in [4.69, 9.17) is 21.1 Å². The van der Waals surface area contributed by atoms with Gasteiger partial charge >= 0.3 is 0 Å².